The van der Waals surface area contributed by atoms with Crippen LogP contribution in [-0.4, -0.2) is 33.7 Å². The first-order valence-electron chi connectivity index (χ1n) is 5.28. The molecule has 0 spiro atoms. The van der Waals surface area contributed by atoms with E-state index in [1.54, 1.807) is 0 Å². The summed E-state index contributed by atoms with van der Waals surface area (Å²) in [5.41, 5.74) is 5.52. The summed E-state index contributed by atoms with van der Waals surface area (Å²) in [4.78, 5) is 6.43. The molecular formula is C9H16N4OS. The van der Waals surface area contributed by atoms with Crippen molar-refractivity contribution in [2.45, 2.75) is 31.7 Å². The molecule has 1 fully saturated rings. The number of aromatic nitrogens is 2. The van der Waals surface area contributed by atoms with Gasteiger partial charge in [-0.25, -0.2) is 0 Å². The lowest BCUT2D eigenvalue weighted by molar-refractivity contribution is 0.283. The lowest BCUT2D eigenvalue weighted by atomic mass is 9.92. The second-order valence-corrected chi connectivity index (χ2v) is 4.52. The fourth-order valence-electron chi connectivity index (χ4n) is 1.72. The maximum absolute atomic E-state index is 8.86. The van der Waals surface area contributed by atoms with E-state index in [2.05, 4.69) is 14.3 Å². The molecule has 84 valence electrons. The second-order valence-electron chi connectivity index (χ2n) is 3.79. The molecule has 0 bridgehead atoms. The molecule has 0 amide bonds. The number of nitrogen functional groups attached to an aromatic ring is 1. The van der Waals surface area contributed by atoms with Gasteiger partial charge in [0, 0.05) is 30.7 Å². The van der Waals surface area contributed by atoms with Gasteiger partial charge in [-0.1, -0.05) is 0 Å². The topological polar surface area (TPSA) is 75.3 Å². The lowest BCUT2D eigenvalue weighted by Crippen LogP contribution is -2.41. The molecule has 15 heavy (non-hydrogen) atoms. The van der Waals surface area contributed by atoms with Gasteiger partial charge in [-0.2, -0.15) is 9.36 Å². The number of nitrogens with two attached hydrogens (primary N) is 1. The number of anilines is 2. The van der Waals surface area contributed by atoms with Gasteiger partial charge in [-0.15, -0.1) is 0 Å². The molecule has 1 aromatic rings. The molecule has 0 radical (unpaired) electrons. The second kappa shape index (κ2) is 4.76. The zero-order valence-electron chi connectivity index (χ0n) is 8.59. The molecule has 0 saturated heterocycles. The molecule has 2 rings (SSSR count). The van der Waals surface area contributed by atoms with E-state index in [1.165, 1.54) is 30.8 Å². The van der Waals surface area contributed by atoms with Gasteiger partial charge in [-0.05, 0) is 25.7 Å². The predicted octanol–water partition coefficient (Wildman–Crippen LogP) is 0.862. The molecule has 0 aliphatic heterocycles. The highest BCUT2D eigenvalue weighted by atomic mass is 32.1. The number of hydrogen-bond donors (Lipinski definition) is 2. The molecule has 1 aromatic heterocycles. The first kappa shape index (κ1) is 10.6. The van der Waals surface area contributed by atoms with Gasteiger partial charge in [-0.3, -0.25) is 0 Å². The van der Waals surface area contributed by atoms with Crippen molar-refractivity contribution in [3.05, 3.63) is 0 Å². The predicted molar refractivity (Wildman–Crippen MR) is 61.0 cm³/mol. The van der Waals surface area contributed by atoms with E-state index in [4.69, 9.17) is 10.8 Å². The molecule has 0 unspecified atom stereocenters. The maximum Gasteiger partial charge on any atom is 0.233 e. The summed E-state index contributed by atoms with van der Waals surface area (Å²) in [5.74, 6) is 0.350. The minimum atomic E-state index is 0.220. The van der Waals surface area contributed by atoms with E-state index in [-0.39, 0.29) is 6.61 Å². The Balaban J connectivity index is 2.03. The van der Waals surface area contributed by atoms with Gasteiger partial charge in [0.05, 0.1) is 0 Å². The van der Waals surface area contributed by atoms with E-state index in [9.17, 15) is 0 Å². The number of hydrogen-bond acceptors (Lipinski definition) is 6. The summed E-state index contributed by atoms with van der Waals surface area (Å²) < 4.78 is 3.99. The molecule has 1 heterocycles. The molecule has 0 atom stereocenters. The first-order valence-corrected chi connectivity index (χ1v) is 6.05. The van der Waals surface area contributed by atoms with Crippen molar-refractivity contribution in [2.75, 3.05) is 23.8 Å². The smallest absolute Gasteiger partial charge is 0.233 e. The Bertz CT molecular complexity index is 313. The molecule has 1 aliphatic carbocycles. The zero-order valence-corrected chi connectivity index (χ0v) is 9.41. The van der Waals surface area contributed by atoms with Gasteiger partial charge in [0.2, 0.25) is 11.1 Å². The van der Waals surface area contributed by atoms with Crippen LogP contribution in [0.4, 0.5) is 11.1 Å². The molecule has 3 N–H and O–H groups in total. The third-order valence-electron chi connectivity index (χ3n) is 2.75. The van der Waals surface area contributed by atoms with Crippen LogP contribution in [0, 0.1) is 0 Å². The van der Waals surface area contributed by atoms with E-state index >= 15 is 0 Å². The van der Waals surface area contributed by atoms with Gasteiger partial charge < -0.3 is 15.7 Å². The summed E-state index contributed by atoms with van der Waals surface area (Å²) in [6.45, 7) is 1.06. The van der Waals surface area contributed by atoms with Crippen LogP contribution in [0.15, 0.2) is 0 Å². The van der Waals surface area contributed by atoms with Crippen LogP contribution in [0.1, 0.15) is 25.7 Å². The Hall–Kier alpha value is -0.880. The number of aliphatic hydroxyl groups excluding tert-OH is 1. The number of nitrogens with zero attached hydrogens (tertiary/aromatic N) is 3. The van der Waals surface area contributed by atoms with Gasteiger partial charge in [0.15, 0.2) is 0 Å². The van der Waals surface area contributed by atoms with Crippen molar-refractivity contribution in [1.82, 2.24) is 9.36 Å². The average Bonchev–Trinajstić information content (AvgIpc) is 2.56. The Labute approximate surface area is 93.1 Å². The highest BCUT2D eigenvalue weighted by Gasteiger charge is 2.26. The summed E-state index contributed by atoms with van der Waals surface area (Å²) in [5, 5.41) is 9.75. The Morgan fingerprint density at radius 3 is 2.80 bits per heavy atom. The van der Waals surface area contributed by atoms with Crippen molar-refractivity contribution in [3.63, 3.8) is 0 Å². The van der Waals surface area contributed by atoms with E-state index in [0.29, 0.717) is 12.0 Å². The standard InChI is InChI=1S/C9H16N4OS/c10-8-11-9(15-12-8)13(5-2-6-14)7-3-1-4-7/h7,14H,1-6H2,(H2,10,12). The monoisotopic (exact) mass is 228 g/mol. The maximum atomic E-state index is 8.86. The Morgan fingerprint density at radius 1 is 1.53 bits per heavy atom. The summed E-state index contributed by atoms with van der Waals surface area (Å²) in [7, 11) is 0. The van der Waals surface area contributed by atoms with Crippen LogP contribution < -0.4 is 10.6 Å². The average molecular weight is 228 g/mol. The van der Waals surface area contributed by atoms with Crippen LogP contribution in [-0.2, 0) is 0 Å². The van der Waals surface area contributed by atoms with Crippen molar-refractivity contribution in [1.29, 1.82) is 0 Å². The van der Waals surface area contributed by atoms with E-state index in [1.807, 2.05) is 0 Å². The van der Waals surface area contributed by atoms with E-state index < -0.39 is 0 Å². The molecule has 1 aliphatic rings. The normalized spacial score (nSPS) is 16.3. The number of aliphatic hydroxyl groups is 1. The van der Waals surface area contributed by atoms with Crippen LogP contribution in [0.2, 0.25) is 0 Å². The lowest BCUT2D eigenvalue weighted by Gasteiger charge is -2.37. The highest BCUT2D eigenvalue weighted by Crippen LogP contribution is 2.30. The third-order valence-corrected chi connectivity index (χ3v) is 3.52. The Kier molecular flexibility index (Phi) is 3.37. The first-order chi connectivity index (χ1) is 7.31. The van der Waals surface area contributed by atoms with Crippen LogP contribution in [0.25, 0.3) is 0 Å². The van der Waals surface area contributed by atoms with Crippen LogP contribution >= 0.6 is 11.5 Å². The summed E-state index contributed by atoms with van der Waals surface area (Å²) >= 11 is 1.34. The highest BCUT2D eigenvalue weighted by molar-refractivity contribution is 7.09. The van der Waals surface area contributed by atoms with Crippen molar-refractivity contribution >= 4 is 22.6 Å². The fourth-order valence-corrected chi connectivity index (χ4v) is 2.41. The SMILES string of the molecule is Nc1nsc(N(CCCO)C2CCC2)n1. The largest absolute Gasteiger partial charge is 0.396 e. The molecule has 6 heteroatoms. The van der Waals surface area contributed by atoms with Crippen LogP contribution in [0.3, 0.4) is 0 Å². The quantitative estimate of drug-likeness (QED) is 0.782. The third kappa shape index (κ3) is 2.38. The fraction of sp³-hybridized carbons (Fsp3) is 0.778. The van der Waals surface area contributed by atoms with Crippen molar-refractivity contribution in [3.8, 4) is 0 Å². The summed E-state index contributed by atoms with van der Waals surface area (Å²) in [6, 6.07) is 0.573. The number of rotatable bonds is 5. The minimum absolute atomic E-state index is 0.220. The van der Waals surface area contributed by atoms with Crippen molar-refractivity contribution in [2.24, 2.45) is 0 Å². The molecule has 5 nitrogen and oxygen atoms in total. The van der Waals surface area contributed by atoms with Gasteiger partial charge >= 0.3 is 0 Å². The van der Waals surface area contributed by atoms with Gasteiger partial charge in [0.25, 0.3) is 0 Å². The van der Waals surface area contributed by atoms with Gasteiger partial charge in [0.1, 0.15) is 0 Å². The summed E-state index contributed by atoms with van der Waals surface area (Å²) in [6.07, 6.45) is 4.49. The van der Waals surface area contributed by atoms with E-state index in [0.717, 1.165) is 18.1 Å². The minimum Gasteiger partial charge on any atom is -0.396 e. The molecular weight excluding hydrogens is 212 g/mol. The van der Waals surface area contributed by atoms with Crippen molar-refractivity contribution < 1.29 is 5.11 Å². The van der Waals surface area contributed by atoms with Crippen LogP contribution in [0.5, 0.6) is 0 Å². The Morgan fingerprint density at radius 2 is 2.33 bits per heavy atom. The zero-order chi connectivity index (χ0) is 10.7. The molecule has 1 saturated carbocycles. The molecule has 0 aromatic carbocycles.